The monoisotopic (exact) mass is 530 g/mol. The smallest absolute Gasteiger partial charge is 0.287 e. The van der Waals surface area contributed by atoms with Crippen molar-refractivity contribution < 1.29 is 14.0 Å². The quantitative estimate of drug-likeness (QED) is 0.358. The van der Waals surface area contributed by atoms with Gasteiger partial charge in [0.2, 0.25) is 5.91 Å². The molecule has 1 aromatic carbocycles. The first-order chi connectivity index (χ1) is 19.1. The summed E-state index contributed by atoms with van der Waals surface area (Å²) in [5, 5.41) is 3.17. The molecule has 1 saturated heterocycles. The topological polar surface area (TPSA) is 70.7 Å². The third kappa shape index (κ3) is 7.21. The van der Waals surface area contributed by atoms with Crippen LogP contribution in [0.3, 0.4) is 0 Å². The molecular weight excluding hydrogens is 488 g/mol. The lowest BCUT2D eigenvalue weighted by Gasteiger charge is -2.32. The van der Waals surface area contributed by atoms with Gasteiger partial charge in [0.15, 0.2) is 5.76 Å². The summed E-state index contributed by atoms with van der Waals surface area (Å²) >= 11 is 0. The molecule has 7 nitrogen and oxygen atoms in total. The molecule has 1 aliphatic heterocycles. The van der Waals surface area contributed by atoms with Crippen molar-refractivity contribution in [3.63, 3.8) is 0 Å². The van der Waals surface area contributed by atoms with Crippen molar-refractivity contribution in [2.45, 2.75) is 77.5 Å². The van der Waals surface area contributed by atoms with Gasteiger partial charge in [-0.15, -0.1) is 0 Å². The maximum absolute atomic E-state index is 13.1. The maximum Gasteiger partial charge on any atom is 0.287 e. The van der Waals surface area contributed by atoms with Crippen LogP contribution in [0.4, 0.5) is 0 Å². The van der Waals surface area contributed by atoms with Gasteiger partial charge in [-0.1, -0.05) is 50.1 Å². The van der Waals surface area contributed by atoms with Crippen LogP contribution < -0.4 is 5.32 Å². The number of carbonyl (C=O) groups is 2. The summed E-state index contributed by atoms with van der Waals surface area (Å²) in [6, 6.07) is 18.4. The molecule has 0 bridgehead atoms. The molecule has 2 aliphatic rings. The van der Waals surface area contributed by atoms with Crippen LogP contribution in [0.25, 0.3) is 0 Å². The molecule has 2 fully saturated rings. The van der Waals surface area contributed by atoms with Crippen molar-refractivity contribution in [3.8, 4) is 0 Å². The molecule has 1 N–H and O–H groups in total. The number of hydrogen-bond acceptors (Lipinski definition) is 4. The number of piperidine rings is 1. The predicted octanol–water partition coefficient (Wildman–Crippen LogP) is 5.45. The highest BCUT2D eigenvalue weighted by molar-refractivity contribution is 5.91. The minimum absolute atomic E-state index is 0.147. The Labute approximate surface area is 232 Å². The van der Waals surface area contributed by atoms with Crippen molar-refractivity contribution in [3.05, 3.63) is 83.6 Å². The normalized spacial score (nSPS) is 16.9. The Kier molecular flexibility index (Phi) is 9.19. The summed E-state index contributed by atoms with van der Waals surface area (Å²) in [6.45, 7) is 6.93. The number of carbonyl (C=O) groups excluding carboxylic acids is 2. The van der Waals surface area contributed by atoms with Gasteiger partial charge in [0, 0.05) is 50.0 Å². The molecule has 2 amide bonds. The fraction of sp³-hybridized carbons (Fsp3) is 0.500. The first-order valence-corrected chi connectivity index (χ1v) is 14.7. The van der Waals surface area contributed by atoms with Crippen LogP contribution in [0.1, 0.15) is 79.4 Å². The van der Waals surface area contributed by atoms with Gasteiger partial charge in [-0.3, -0.25) is 14.5 Å². The Hall–Kier alpha value is -3.32. The van der Waals surface area contributed by atoms with Crippen molar-refractivity contribution in [1.82, 2.24) is 19.7 Å². The Bertz CT molecular complexity index is 1200. The largest absolute Gasteiger partial charge is 0.454 e. The van der Waals surface area contributed by atoms with E-state index >= 15 is 0 Å². The second-order valence-electron chi connectivity index (χ2n) is 11.1. The number of nitrogens with one attached hydrogen (secondary N) is 1. The number of nitrogens with zero attached hydrogens (tertiary/aromatic N) is 3. The molecule has 3 aromatic rings. The summed E-state index contributed by atoms with van der Waals surface area (Å²) in [6.07, 6.45) is 9.20. The van der Waals surface area contributed by atoms with Gasteiger partial charge in [-0.05, 0) is 61.9 Å². The Morgan fingerprint density at radius 3 is 2.46 bits per heavy atom. The zero-order valence-corrected chi connectivity index (χ0v) is 23.2. The van der Waals surface area contributed by atoms with Crippen molar-refractivity contribution in [2.24, 2.45) is 5.92 Å². The number of amides is 2. The van der Waals surface area contributed by atoms with E-state index in [2.05, 4.69) is 52.0 Å². The minimum atomic E-state index is -0.147. The van der Waals surface area contributed by atoms with Gasteiger partial charge in [-0.2, -0.15) is 0 Å². The first-order valence-electron chi connectivity index (χ1n) is 14.7. The Morgan fingerprint density at radius 1 is 0.949 bits per heavy atom. The summed E-state index contributed by atoms with van der Waals surface area (Å²) in [5.41, 5.74) is 2.41. The summed E-state index contributed by atoms with van der Waals surface area (Å²) < 4.78 is 8.09. The molecule has 39 heavy (non-hydrogen) atoms. The predicted molar refractivity (Wildman–Crippen MR) is 152 cm³/mol. The lowest BCUT2D eigenvalue weighted by molar-refractivity contribution is -0.136. The zero-order chi connectivity index (χ0) is 27.0. The summed E-state index contributed by atoms with van der Waals surface area (Å²) in [4.78, 5) is 30.5. The van der Waals surface area contributed by atoms with E-state index in [0.29, 0.717) is 24.8 Å². The lowest BCUT2D eigenvalue weighted by atomic mass is 10.0. The number of aromatic nitrogens is 1. The molecule has 0 spiro atoms. The van der Waals surface area contributed by atoms with Crippen LogP contribution in [-0.4, -0.2) is 51.9 Å². The van der Waals surface area contributed by atoms with Gasteiger partial charge < -0.3 is 19.2 Å². The lowest BCUT2D eigenvalue weighted by Crippen LogP contribution is -2.44. The van der Waals surface area contributed by atoms with E-state index in [0.717, 1.165) is 82.6 Å². The molecule has 1 saturated carbocycles. The van der Waals surface area contributed by atoms with E-state index in [9.17, 15) is 9.59 Å². The van der Waals surface area contributed by atoms with Crippen molar-refractivity contribution >= 4 is 11.8 Å². The first kappa shape index (κ1) is 27.3. The summed E-state index contributed by atoms with van der Waals surface area (Å²) in [7, 11) is 0. The maximum atomic E-state index is 13.1. The average Bonchev–Trinajstić information content (AvgIpc) is 3.73. The summed E-state index contributed by atoms with van der Waals surface area (Å²) in [5.74, 6) is 1.42. The molecule has 208 valence electrons. The number of likely N-dealkylation sites (tertiary alicyclic amines) is 1. The van der Waals surface area contributed by atoms with Crippen LogP contribution in [-0.2, 0) is 24.4 Å². The number of hydrogen-bond donors (Lipinski definition) is 1. The van der Waals surface area contributed by atoms with E-state index < -0.39 is 0 Å². The molecule has 0 unspecified atom stereocenters. The highest BCUT2D eigenvalue weighted by atomic mass is 16.4. The van der Waals surface area contributed by atoms with E-state index in [4.69, 9.17) is 4.42 Å². The number of benzene rings is 1. The minimum Gasteiger partial charge on any atom is -0.454 e. The molecule has 0 atom stereocenters. The fourth-order valence-electron chi connectivity index (χ4n) is 6.00. The van der Waals surface area contributed by atoms with Gasteiger partial charge >= 0.3 is 0 Å². The molecule has 3 heterocycles. The average molecular weight is 531 g/mol. The van der Waals surface area contributed by atoms with Crippen LogP contribution in [0, 0.1) is 5.92 Å². The molecule has 5 rings (SSSR count). The number of rotatable bonds is 11. The van der Waals surface area contributed by atoms with Gasteiger partial charge in [0.1, 0.15) is 5.76 Å². The van der Waals surface area contributed by atoms with Crippen LogP contribution >= 0.6 is 0 Å². The Balaban J connectivity index is 1.12. The molecule has 1 aliphatic carbocycles. The van der Waals surface area contributed by atoms with Crippen molar-refractivity contribution in [1.29, 1.82) is 0 Å². The molecular formula is C32H42N4O3. The van der Waals surface area contributed by atoms with E-state index in [1.807, 2.05) is 29.3 Å². The van der Waals surface area contributed by atoms with E-state index in [-0.39, 0.29) is 17.9 Å². The Morgan fingerprint density at radius 2 is 1.72 bits per heavy atom. The SMILES string of the molecule is CCCN(Cc1cccn1Cc1ccc(C(=O)NC2CCN(Cc3ccccc3)CC2)o1)C(=O)C1CCCC1. The third-order valence-corrected chi connectivity index (χ3v) is 8.17. The standard InChI is InChI=1S/C32H42N4O3/c1-2-18-36(32(38)26-11-6-7-12-26)23-28-13-8-19-35(28)24-29-14-15-30(39-29)31(37)33-27-16-20-34(21-17-27)22-25-9-4-3-5-10-25/h3-5,8-10,13-15,19,26-27H,2,6-7,11-12,16-18,20-24H2,1H3,(H,33,37). The van der Waals surface area contributed by atoms with Crippen LogP contribution in [0.5, 0.6) is 0 Å². The van der Waals surface area contributed by atoms with Gasteiger partial charge in [-0.25, -0.2) is 0 Å². The van der Waals surface area contributed by atoms with E-state index in [1.54, 1.807) is 6.07 Å². The van der Waals surface area contributed by atoms with Crippen LogP contribution in [0.15, 0.2) is 65.2 Å². The van der Waals surface area contributed by atoms with Gasteiger partial charge in [0.25, 0.3) is 5.91 Å². The fourth-order valence-corrected chi connectivity index (χ4v) is 6.00. The highest BCUT2D eigenvalue weighted by Crippen LogP contribution is 2.27. The molecule has 7 heteroatoms. The second kappa shape index (κ2) is 13.2. The van der Waals surface area contributed by atoms with E-state index in [1.165, 1.54) is 5.56 Å². The van der Waals surface area contributed by atoms with Crippen LogP contribution in [0.2, 0.25) is 0 Å². The second-order valence-corrected chi connectivity index (χ2v) is 11.1. The number of furan rings is 1. The highest BCUT2D eigenvalue weighted by Gasteiger charge is 2.27. The zero-order valence-electron chi connectivity index (χ0n) is 23.2. The van der Waals surface area contributed by atoms with Crippen molar-refractivity contribution in [2.75, 3.05) is 19.6 Å². The van der Waals surface area contributed by atoms with Gasteiger partial charge in [0.05, 0.1) is 13.1 Å². The third-order valence-electron chi connectivity index (χ3n) is 8.17. The molecule has 0 radical (unpaired) electrons. The molecule has 2 aromatic heterocycles.